The molecule has 1 fully saturated rings. The third kappa shape index (κ3) is 16.3. The Labute approximate surface area is 345 Å². The predicted molar refractivity (Wildman–Crippen MR) is 240 cm³/mol. The van der Waals surface area contributed by atoms with E-state index in [1.807, 2.05) is 18.2 Å². The molecule has 316 valence electrons. The number of unbranched alkanes of at least 4 members (excludes halogenated alkanes) is 3. The molecule has 56 heavy (non-hydrogen) atoms. The maximum absolute atomic E-state index is 7.31. The summed E-state index contributed by atoms with van der Waals surface area (Å²) < 4.78 is 38.6. The van der Waals surface area contributed by atoms with Crippen LogP contribution in [-0.4, -0.2) is 55.5 Å². The fourth-order valence-electron chi connectivity index (χ4n) is 6.85. The highest BCUT2D eigenvalue weighted by Crippen LogP contribution is 2.46. The quantitative estimate of drug-likeness (QED) is 0.0431. The molecule has 0 unspecified atom stereocenters. The first kappa shape index (κ1) is 48.3. The number of hydrogen-bond acceptors (Lipinski definition) is 6. The summed E-state index contributed by atoms with van der Waals surface area (Å²) >= 11 is 0. The maximum atomic E-state index is 7.31. The molecule has 0 aliphatic heterocycles. The van der Waals surface area contributed by atoms with Gasteiger partial charge in [0.2, 0.25) is 0 Å². The van der Waals surface area contributed by atoms with Crippen LogP contribution < -0.4 is 4.74 Å². The fraction of sp³-hybridized carbons (Fsp3) is 0.667. The summed E-state index contributed by atoms with van der Waals surface area (Å²) in [6.45, 7) is 27.9. The fourth-order valence-corrected chi connectivity index (χ4v) is 9.54. The molecule has 0 saturated heterocycles. The molecule has 2 aromatic carbocycles. The second-order valence-corrected chi connectivity index (χ2v) is 28.5. The van der Waals surface area contributed by atoms with Crippen molar-refractivity contribution in [3.63, 3.8) is 0 Å². The van der Waals surface area contributed by atoms with Crippen LogP contribution >= 0.6 is 0 Å². The van der Waals surface area contributed by atoms with Gasteiger partial charge in [0.25, 0.3) is 0 Å². The Bertz CT molecular complexity index is 1410. The third-order valence-electron chi connectivity index (χ3n) is 12.5. The highest BCUT2D eigenvalue weighted by Gasteiger charge is 2.48. The molecule has 0 radical (unpaired) electrons. The molecule has 0 aromatic heterocycles. The van der Waals surface area contributed by atoms with Gasteiger partial charge < -0.3 is 27.8 Å². The van der Waals surface area contributed by atoms with Crippen LogP contribution in [-0.2, 0) is 36.3 Å². The van der Waals surface area contributed by atoms with Gasteiger partial charge in [0.15, 0.2) is 16.6 Å². The van der Waals surface area contributed by atoms with E-state index < -0.39 is 16.6 Å². The molecule has 5 atom stereocenters. The minimum Gasteiger partial charge on any atom is -0.497 e. The Morgan fingerprint density at radius 2 is 1.34 bits per heavy atom. The van der Waals surface area contributed by atoms with Gasteiger partial charge in [0.1, 0.15) is 12.5 Å². The Morgan fingerprint density at radius 3 is 1.98 bits per heavy atom. The van der Waals surface area contributed by atoms with E-state index in [-0.39, 0.29) is 35.2 Å². The maximum Gasteiger partial charge on any atom is 0.192 e. The highest BCUT2D eigenvalue weighted by molar-refractivity contribution is 6.74. The van der Waals surface area contributed by atoms with E-state index in [0.29, 0.717) is 31.7 Å². The molecule has 1 aliphatic rings. The molecule has 0 amide bonds. The van der Waals surface area contributed by atoms with Gasteiger partial charge in [0.05, 0.1) is 38.6 Å². The van der Waals surface area contributed by atoms with E-state index in [4.69, 9.17) is 27.8 Å². The van der Waals surface area contributed by atoms with Crippen molar-refractivity contribution in [1.29, 1.82) is 0 Å². The second-order valence-electron chi connectivity index (χ2n) is 19.0. The van der Waals surface area contributed by atoms with Crippen molar-refractivity contribution in [2.24, 2.45) is 11.8 Å². The van der Waals surface area contributed by atoms with Crippen molar-refractivity contribution in [3.8, 4) is 5.75 Å². The van der Waals surface area contributed by atoms with Crippen molar-refractivity contribution >= 4 is 16.6 Å². The zero-order chi connectivity index (χ0) is 41.2. The average Bonchev–Trinajstić information content (AvgIpc) is 3.45. The van der Waals surface area contributed by atoms with Crippen LogP contribution in [0.25, 0.3) is 0 Å². The van der Waals surface area contributed by atoms with E-state index in [1.54, 1.807) is 7.11 Å². The Hall–Kier alpha value is -2.05. The lowest BCUT2D eigenvalue weighted by Gasteiger charge is -2.40. The minimum absolute atomic E-state index is 0.0389. The van der Waals surface area contributed by atoms with Crippen molar-refractivity contribution in [2.75, 3.05) is 20.5 Å². The lowest BCUT2D eigenvalue weighted by molar-refractivity contribution is -0.108. The summed E-state index contributed by atoms with van der Waals surface area (Å²) in [7, 11) is -2.36. The van der Waals surface area contributed by atoms with Crippen LogP contribution in [0.15, 0.2) is 78.9 Å². The summed E-state index contributed by atoms with van der Waals surface area (Å²) in [6, 6.07) is 18.5. The number of methoxy groups -OCH3 is 1. The molecule has 3 rings (SSSR count). The minimum atomic E-state index is -2.04. The number of rotatable bonds is 25. The summed E-state index contributed by atoms with van der Waals surface area (Å²) in [6.07, 6.45) is 19.4. The number of hydrogen-bond donors (Lipinski definition) is 0. The number of allylic oxidation sites excluding steroid dienone is 3. The lowest BCUT2D eigenvalue weighted by Crippen LogP contribution is -2.45. The van der Waals surface area contributed by atoms with Crippen molar-refractivity contribution in [1.82, 2.24) is 0 Å². The lowest BCUT2D eigenvalue weighted by atomic mass is 9.87. The van der Waals surface area contributed by atoms with E-state index in [1.165, 1.54) is 19.3 Å². The Morgan fingerprint density at radius 1 is 0.714 bits per heavy atom. The van der Waals surface area contributed by atoms with Gasteiger partial charge in [-0.25, -0.2) is 0 Å². The summed E-state index contributed by atoms with van der Waals surface area (Å²) in [5.41, 5.74) is 2.32. The molecule has 0 spiro atoms. The molecule has 8 heteroatoms. The molecular formula is C48H80O6Si2. The predicted octanol–water partition coefficient (Wildman–Crippen LogP) is 13.4. The van der Waals surface area contributed by atoms with E-state index in [9.17, 15) is 0 Å². The van der Waals surface area contributed by atoms with Gasteiger partial charge in [-0.2, -0.15) is 0 Å². The van der Waals surface area contributed by atoms with Crippen LogP contribution in [0.3, 0.4) is 0 Å². The molecule has 1 saturated carbocycles. The SMILES string of the molecule is CCCCC/C=C\C[C@@H]1[C@@H](C/C=C\[C@H](CCCOCc2ccc(OC)cc2)O[Si](C)(C)C(C)(C)C)[C@@H](O[Si](C)(C)C(C)(C)C)C[C@@H]1OCOCc1ccccc1. The summed E-state index contributed by atoms with van der Waals surface area (Å²) in [5, 5.41) is 0.247. The first-order valence-electron chi connectivity index (χ1n) is 21.6. The van der Waals surface area contributed by atoms with E-state index in [2.05, 4.69) is 135 Å². The second kappa shape index (κ2) is 23.5. The zero-order valence-electron chi connectivity index (χ0n) is 37.5. The normalized spacial score (nSPS) is 20.4. The molecule has 0 heterocycles. The van der Waals surface area contributed by atoms with Crippen molar-refractivity contribution in [3.05, 3.63) is 90.0 Å². The first-order valence-corrected chi connectivity index (χ1v) is 27.4. The number of ether oxygens (including phenoxy) is 4. The first-order chi connectivity index (χ1) is 26.5. The summed E-state index contributed by atoms with van der Waals surface area (Å²) in [5.74, 6) is 1.53. The molecule has 2 aromatic rings. The summed E-state index contributed by atoms with van der Waals surface area (Å²) in [4.78, 5) is 0. The highest BCUT2D eigenvalue weighted by atomic mass is 28.4. The van der Waals surface area contributed by atoms with Crippen LogP contribution in [0, 0.1) is 11.8 Å². The van der Waals surface area contributed by atoms with Crippen molar-refractivity contribution in [2.45, 2.75) is 174 Å². The zero-order valence-corrected chi connectivity index (χ0v) is 39.5. The Kier molecular flexibility index (Phi) is 20.3. The van der Waals surface area contributed by atoms with Crippen LogP contribution in [0.5, 0.6) is 5.75 Å². The third-order valence-corrected chi connectivity index (χ3v) is 21.5. The monoisotopic (exact) mass is 809 g/mol. The van der Waals surface area contributed by atoms with Gasteiger partial charge in [-0.1, -0.05) is 128 Å². The molecule has 1 aliphatic carbocycles. The van der Waals surface area contributed by atoms with E-state index >= 15 is 0 Å². The smallest absolute Gasteiger partial charge is 0.192 e. The van der Waals surface area contributed by atoms with Gasteiger partial charge >= 0.3 is 0 Å². The standard InChI is InChI=1S/C48H80O6Si2/c1-13-14-15-16-17-21-28-43-44(46(54-56(11,12)48(5,6)7)35-45(43)52-38-51-37-39-24-19-18-20-25-39)29-22-26-42(53-55(9,10)47(2,3)4)27-23-34-50-36-40-30-32-41(49-8)33-31-40/h17-22,24-26,30-33,42-46H,13-16,23,27-29,34-38H2,1-12H3/b21-17-,26-22-/t42-,43-,44-,45+,46+/m1/s1. The van der Waals surface area contributed by atoms with Crippen LogP contribution in [0.2, 0.25) is 36.3 Å². The topological polar surface area (TPSA) is 55.4 Å². The van der Waals surface area contributed by atoms with Crippen LogP contribution in [0.4, 0.5) is 0 Å². The molecular weight excluding hydrogens is 729 g/mol. The van der Waals surface area contributed by atoms with Gasteiger partial charge in [-0.15, -0.1) is 0 Å². The van der Waals surface area contributed by atoms with E-state index in [0.717, 1.165) is 55.4 Å². The Balaban J connectivity index is 1.80. The van der Waals surface area contributed by atoms with Gasteiger partial charge in [-0.3, -0.25) is 0 Å². The van der Waals surface area contributed by atoms with Crippen molar-refractivity contribution < 1.29 is 27.8 Å². The van der Waals surface area contributed by atoms with Gasteiger partial charge in [-0.05, 0) is 116 Å². The molecule has 6 nitrogen and oxygen atoms in total. The average molecular weight is 809 g/mol. The number of benzene rings is 2. The van der Waals surface area contributed by atoms with Gasteiger partial charge in [0, 0.05) is 6.61 Å². The molecule has 0 N–H and O–H groups in total. The molecule has 0 bridgehead atoms. The van der Waals surface area contributed by atoms with Crippen LogP contribution in [0.1, 0.15) is 117 Å². The largest absolute Gasteiger partial charge is 0.497 e.